The van der Waals surface area contributed by atoms with E-state index in [0.717, 1.165) is 71.1 Å². The molecule has 2 aliphatic rings. The molecule has 0 saturated heterocycles. The van der Waals surface area contributed by atoms with Crippen molar-refractivity contribution in [3.8, 4) is 17.0 Å². The van der Waals surface area contributed by atoms with Gasteiger partial charge in [-0.2, -0.15) is 0 Å². The number of phenols is 1. The van der Waals surface area contributed by atoms with Crippen molar-refractivity contribution in [3.63, 3.8) is 0 Å². The predicted octanol–water partition coefficient (Wildman–Crippen LogP) is 4.00. The van der Waals surface area contributed by atoms with E-state index in [1.165, 1.54) is 5.56 Å². The lowest BCUT2D eigenvalue weighted by Gasteiger charge is -2.41. The summed E-state index contributed by atoms with van der Waals surface area (Å²) in [5, 5.41) is 31.0. The van der Waals surface area contributed by atoms with Crippen molar-refractivity contribution < 1.29 is 10.2 Å². The zero-order chi connectivity index (χ0) is 18.9. The number of nitrogens with zero attached hydrogens (tertiary/aromatic N) is 3. The lowest BCUT2D eigenvalue weighted by molar-refractivity contribution is -0.0498. The van der Waals surface area contributed by atoms with Crippen LogP contribution in [-0.4, -0.2) is 30.6 Å². The lowest BCUT2D eigenvalue weighted by Crippen LogP contribution is -2.41. The van der Waals surface area contributed by atoms with Gasteiger partial charge in [-0.25, -0.2) is 0 Å². The summed E-state index contributed by atoms with van der Waals surface area (Å²) in [5.74, 6) is 0.378. The Hall–Kier alpha value is -2.40. The molecule has 0 unspecified atom stereocenters. The highest BCUT2D eigenvalue weighted by atomic mass is 16.3. The first-order chi connectivity index (χ1) is 12.8. The lowest BCUT2D eigenvalue weighted by atomic mass is 9.77. The average molecular weight is 363 g/mol. The van der Waals surface area contributed by atoms with E-state index in [0.29, 0.717) is 5.75 Å². The Balaban J connectivity index is 1.62. The van der Waals surface area contributed by atoms with Crippen LogP contribution in [0.4, 0.5) is 0 Å². The van der Waals surface area contributed by atoms with Crippen molar-refractivity contribution in [2.45, 2.75) is 64.5 Å². The second-order valence-electron chi connectivity index (χ2n) is 8.65. The van der Waals surface area contributed by atoms with E-state index in [4.69, 9.17) is 0 Å². The standard InChI is InChI=1S/C22H25N3O2/c1-12-7-14-5-4-6-16(14)20(26)19(12)18-8-17-13(2)11-25(21(17)24-23-18)15-9-22(3,27)10-15/h7-8,11,15,26-27H,4-6,9-10H2,1-3H3. The van der Waals surface area contributed by atoms with E-state index < -0.39 is 5.60 Å². The number of aliphatic hydroxyl groups is 1. The zero-order valence-corrected chi connectivity index (χ0v) is 16.1. The molecule has 5 rings (SSSR count). The van der Waals surface area contributed by atoms with Gasteiger partial charge in [-0.3, -0.25) is 0 Å². The number of fused-ring (bicyclic) bond motifs is 2. The Bertz CT molecular complexity index is 1070. The number of phenolic OH excluding ortho intramolecular Hbond substituents is 1. The number of hydrogen-bond donors (Lipinski definition) is 2. The van der Waals surface area contributed by atoms with Crippen molar-refractivity contribution in [2.24, 2.45) is 0 Å². The monoisotopic (exact) mass is 363 g/mol. The molecule has 0 bridgehead atoms. The summed E-state index contributed by atoms with van der Waals surface area (Å²) in [7, 11) is 0. The maximum atomic E-state index is 10.9. The molecule has 0 amide bonds. The highest BCUT2D eigenvalue weighted by Crippen LogP contribution is 2.44. The largest absolute Gasteiger partial charge is 0.507 e. The maximum Gasteiger partial charge on any atom is 0.163 e. The first-order valence-electron chi connectivity index (χ1n) is 9.76. The van der Waals surface area contributed by atoms with Crippen LogP contribution in [-0.2, 0) is 12.8 Å². The van der Waals surface area contributed by atoms with Gasteiger partial charge in [0, 0.05) is 23.2 Å². The molecule has 0 spiro atoms. The minimum atomic E-state index is -0.574. The van der Waals surface area contributed by atoms with Gasteiger partial charge >= 0.3 is 0 Å². The van der Waals surface area contributed by atoms with Gasteiger partial charge < -0.3 is 14.8 Å². The molecular weight excluding hydrogens is 338 g/mol. The first-order valence-corrected chi connectivity index (χ1v) is 9.76. The fraction of sp³-hybridized carbons (Fsp3) is 0.455. The quantitative estimate of drug-likeness (QED) is 0.722. The van der Waals surface area contributed by atoms with Crippen LogP contribution < -0.4 is 0 Å². The Kier molecular flexibility index (Phi) is 3.44. The van der Waals surface area contributed by atoms with E-state index >= 15 is 0 Å². The summed E-state index contributed by atoms with van der Waals surface area (Å²) in [6, 6.07) is 4.51. The Morgan fingerprint density at radius 3 is 2.63 bits per heavy atom. The molecule has 2 aromatic heterocycles. The van der Waals surface area contributed by atoms with E-state index in [2.05, 4.69) is 34.0 Å². The molecule has 0 radical (unpaired) electrons. The minimum Gasteiger partial charge on any atom is -0.507 e. The van der Waals surface area contributed by atoms with E-state index in [-0.39, 0.29) is 6.04 Å². The number of rotatable bonds is 2. The highest BCUT2D eigenvalue weighted by Gasteiger charge is 2.40. The number of aryl methyl sites for hydroxylation is 3. The predicted molar refractivity (Wildman–Crippen MR) is 105 cm³/mol. The van der Waals surface area contributed by atoms with Crippen LogP contribution >= 0.6 is 0 Å². The molecular formula is C22H25N3O2. The Morgan fingerprint density at radius 1 is 1.11 bits per heavy atom. The topological polar surface area (TPSA) is 71.2 Å². The highest BCUT2D eigenvalue weighted by molar-refractivity contribution is 5.85. The Labute approximate surface area is 158 Å². The van der Waals surface area contributed by atoms with E-state index in [1.807, 2.05) is 19.9 Å². The molecule has 1 fully saturated rings. The number of benzene rings is 1. The normalized spacial score (nSPS) is 24.2. The second kappa shape index (κ2) is 5.55. The van der Waals surface area contributed by atoms with Crippen LogP contribution in [0.3, 0.4) is 0 Å². The van der Waals surface area contributed by atoms with Gasteiger partial charge in [-0.1, -0.05) is 6.07 Å². The van der Waals surface area contributed by atoms with Crippen LogP contribution in [0.1, 0.15) is 54.5 Å². The fourth-order valence-electron chi connectivity index (χ4n) is 4.95. The van der Waals surface area contributed by atoms with Crippen LogP contribution in [0.2, 0.25) is 0 Å². The zero-order valence-electron chi connectivity index (χ0n) is 16.1. The van der Waals surface area contributed by atoms with Gasteiger partial charge in [0.25, 0.3) is 0 Å². The van der Waals surface area contributed by atoms with E-state index in [9.17, 15) is 10.2 Å². The molecule has 27 heavy (non-hydrogen) atoms. The minimum absolute atomic E-state index is 0.270. The first kappa shape index (κ1) is 16.8. The molecule has 0 aliphatic heterocycles. The summed E-state index contributed by atoms with van der Waals surface area (Å²) < 4.78 is 2.15. The molecule has 2 N–H and O–H groups in total. The van der Waals surface area contributed by atoms with Crippen LogP contribution in [0.15, 0.2) is 18.3 Å². The van der Waals surface area contributed by atoms with Crippen LogP contribution in [0.5, 0.6) is 5.75 Å². The molecule has 3 aromatic rings. The van der Waals surface area contributed by atoms with Gasteiger partial charge in [0.2, 0.25) is 0 Å². The summed E-state index contributed by atoms with van der Waals surface area (Å²) >= 11 is 0. The third-order valence-electron chi connectivity index (χ3n) is 6.35. The summed E-state index contributed by atoms with van der Waals surface area (Å²) in [4.78, 5) is 0. The summed E-state index contributed by atoms with van der Waals surface area (Å²) in [6.07, 6.45) is 6.67. The van der Waals surface area contributed by atoms with E-state index in [1.54, 1.807) is 0 Å². The summed E-state index contributed by atoms with van der Waals surface area (Å²) in [6.45, 7) is 6.00. The van der Waals surface area contributed by atoms with Gasteiger partial charge in [-0.05, 0) is 81.2 Å². The molecule has 5 heteroatoms. The van der Waals surface area contributed by atoms with Crippen LogP contribution in [0.25, 0.3) is 22.3 Å². The van der Waals surface area contributed by atoms with Gasteiger partial charge in [0.05, 0.1) is 11.3 Å². The third-order valence-corrected chi connectivity index (χ3v) is 6.35. The third kappa shape index (κ3) is 2.48. The van der Waals surface area contributed by atoms with Crippen LogP contribution in [0, 0.1) is 13.8 Å². The van der Waals surface area contributed by atoms with Crippen molar-refractivity contribution in [2.75, 3.05) is 0 Å². The van der Waals surface area contributed by atoms with Crippen molar-refractivity contribution in [1.82, 2.24) is 14.8 Å². The molecule has 1 aromatic carbocycles. The SMILES string of the molecule is Cc1cc2c(c(O)c1-c1cc3c(C)cn(C4CC(C)(O)C4)c3nn1)CCC2. The van der Waals surface area contributed by atoms with Gasteiger partial charge in [-0.15, -0.1) is 10.2 Å². The molecule has 0 atom stereocenters. The Morgan fingerprint density at radius 2 is 1.89 bits per heavy atom. The molecule has 2 aliphatic carbocycles. The molecule has 5 nitrogen and oxygen atoms in total. The average Bonchev–Trinajstić information content (AvgIpc) is 3.17. The van der Waals surface area contributed by atoms with Crippen molar-refractivity contribution in [1.29, 1.82) is 0 Å². The van der Waals surface area contributed by atoms with Gasteiger partial charge in [0.1, 0.15) is 5.75 Å². The number of aromatic hydroxyl groups is 1. The number of hydrogen-bond acceptors (Lipinski definition) is 4. The fourth-order valence-corrected chi connectivity index (χ4v) is 4.95. The van der Waals surface area contributed by atoms with Gasteiger partial charge in [0.15, 0.2) is 5.65 Å². The van der Waals surface area contributed by atoms with Crippen molar-refractivity contribution in [3.05, 3.63) is 40.6 Å². The second-order valence-corrected chi connectivity index (χ2v) is 8.65. The molecule has 1 saturated carbocycles. The summed E-state index contributed by atoms with van der Waals surface area (Å²) in [5.41, 5.74) is 6.36. The smallest absolute Gasteiger partial charge is 0.163 e. The number of aromatic nitrogens is 3. The molecule has 140 valence electrons. The maximum absolute atomic E-state index is 10.9. The molecule has 2 heterocycles. The van der Waals surface area contributed by atoms with Crippen molar-refractivity contribution >= 4 is 11.0 Å².